The van der Waals surface area contributed by atoms with Crippen molar-refractivity contribution in [2.45, 2.75) is 27.2 Å². The number of anilines is 1. The number of ether oxygens (including phenoxy) is 1. The van der Waals surface area contributed by atoms with Gasteiger partial charge in [0, 0.05) is 37.4 Å². The normalized spacial score (nSPS) is 15.9. The van der Waals surface area contributed by atoms with Gasteiger partial charge in [-0.2, -0.15) is 0 Å². The van der Waals surface area contributed by atoms with Gasteiger partial charge in [-0.3, -0.25) is 0 Å². The lowest BCUT2D eigenvalue weighted by molar-refractivity contribution is 0.255. The van der Waals surface area contributed by atoms with E-state index in [9.17, 15) is 4.79 Å². The molecule has 1 aliphatic rings. The van der Waals surface area contributed by atoms with Crippen molar-refractivity contribution in [3.05, 3.63) is 58.4 Å². The van der Waals surface area contributed by atoms with Crippen LogP contribution >= 0.6 is 0 Å². The van der Waals surface area contributed by atoms with E-state index in [0.29, 0.717) is 23.7 Å². The van der Waals surface area contributed by atoms with Crippen LogP contribution in [0.1, 0.15) is 25.8 Å². The van der Waals surface area contributed by atoms with Gasteiger partial charge in [-0.05, 0) is 55.1 Å². The maximum atomic E-state index is 12.8. The minimum atomic E-state index is -0.300. The van der Waals surface area contributed by atoms with Crippen molar-refractivity contribution in [2.75, 3.05) is 44.7 Å². The molecule has 0 saturated carbocycles. The fourth-order valence-corrected chi connectivity index (χ4v) is 3.83. The highest BCUT2D eigenvalue weighted by Gasteiger charge is 2.16. The summed E-state index contributed by atoms with van der Waals surface area (Å²) in [6, 6.07) is 14.0. The first-order chi connectivity index (χ1) is 14.9. The molecule has 1 aliphatic heterocycles. The summed E-state index contributed by atoms with van der Waals surface area (Å²) in [6.07, 6.45) is 1.08. The summed E-state index contributed by atoms with van der Waals surface area (Å²) in [5, 5.41) is 1.52. The highest BCUT2D eigenvalue weighted by molar-refractivity contribution is 5.87. The molecular formula is C26H32N2O3. The smallest absolute Gasteiger partial charge is 0.344 e. The molecule has 4 rings (SSSR count). The Morgan fingerprint density at radius 3 is 2.58 bits per heavy atom. The van der Waals surface area contributed by atoms with Crippen molar-refractivity contribution in [3.8, 4) is 17.1 Å². The first-order valence-electron chi connectivity index (χ1n) is 11.2. The molecule has 2 aromatic carbocycles. The number of nitrogens with zero attached hydrogens (tertiary/aromatic N) is 2. The second-order valence-electron chi connectivity index (χ2n) is 8.76. The topological polar surface area (TPSA) is 45.9 Å². The average molecular weight is 421 g/mol. The summed E-state index contributed by atoms with van der Waals surface area (Å²) in [7, 11) is 2.14. The Kier molecular flexibility index (Phi) is 6.33. The van der Waals surface area contributed by atoms with Crippen LogP contribution in [0.3, 0.4) is 0 Å². The third-order valence-electron chi connectivity index (χ3n) is 6.31. The van der Waals surface area contributed by atoms with E-state index in [2.05, 4.69) is 36.8 Å². The lowest BCUT2D eigenvalue weighted by Gasteiger charge is -2.34. The number of likely N-dealkylation sites (N-methyl/N-ethyl adjacent to an activating group) is 1. The van der Waals surface area contributed by atoms with Gasteiger partial charge in [0.05, 0.1) is 12.0 Å². The molecule has 5 heteroatoms. The summed E-state index contributed by atoms with van der Waals surface area (Å²) in [5.74, 6) is 1.90. The van der Waals surface area contributed by atoms with Crippen molar-refractivity contribution in [1.29, 1.82) is 0 Å². The Bertz CT molecular complexity index is 1110. The molecule has 1 aromatic heterocycles. The van der Waals surface area contributed by atoms with Crippen LogP contribution in [0.2, 0.25) is 0 Å². The van der Waals surface area contributed by atoms with E-state index in [-0.39, 0.29) is 5.63 Å². The van der Waals surface area contributed by atoms with Gasteiger partial charge in [0.2, 0.25) is 0 Å². The third-order valence-corrected chi connectivity index (χ3v) is 6.31. The van der Waals surface area contributed by atoms with Crippen LogP contribution in [0.5, 0.6) is 5.75 Å². The molecular weight excluding hydrogens is 388 g/mol. The van der Waals surface area contributed by atoms with Crippen molar-refractivity contribution >= 4 is 16.5 Å². The fourth-order valence-electron chi connectivity index (χ4n) is 3.83. The van der Waals surface area contributed by atoms with Gasteiger partial charge in [0.1, 0.15) is 11.5 Å². The van der Waals surface area contributed by atoms with Crippen LogP contribution in [-0.2, 0) is 0 Å². The molecule has 164 valence electrons. The minimum Gasteiger partial charge on any atom is -0.493 e. The number of piperazine rings is 1. The van der Waals surface area contributed by atoms with Crippen LogP contribution in [-0.4, -0.2) is 44.7 Å². The van der Waals surface area contributed by atoms with Crippen molar-refractivity contribution < 1.29 is 9.15 Å². The second-order valence-corrected chi connectivity index (χ2v) is 8.76. The molecule has 3 aromatic rings. The van der Waals surface area contributed by atoms with Crippen LogP contribution in [0.15, 0.2) is 51.7 Å². The summed E-state index contributed by atoms with van der Waals surface area (Å²) in [5.41, 5.74) is 2.71. The third kappa shape index (κ3) is 4.77. The molecule has 31 heavy (non-hydrogen) atoms. The zero-order chi connectivity index (χ0) is 22.0. The Labute approximate surface area is 184 Å². The van der Waals surface area contributed by atoms with E-state index in [0.717, 1.165) is 60.5 Å². The van der Waals surface area contributed by atoms with Gasteiger partial charge in [-0.25, -0.2) is 4.79 Å². The monoisotopic (exact) mass is 420 g/mol. The summed E-state index contributed by atoms with van der Waals surface area (Å²) in [6.45, 7) is 11.0. The van der Waals surface area contributed by atoms with Crippen LogP contribution in [0.4, 0.5) is 5.69 Å². The molecule has 1 atom stereocenters. The van der Waals surface area contributed by atoms with E-state index in [1.54, 1.807) is 0 Å². The lowest BCUT2D eigenvalue weighted by Crippen LogP contribution is -2.44. The molecule has 0 spiro atoms. The van der Waals surface area contributed by atoms with Gasteiger partial charge < -0.3 is 19.0 Å². The fraction of sp³-hybridized carbons (Fsp3) is 0.423. The number of rotatable bonds is 6. The molecule has 5 nitrogen and oxygen atoms in total. The quantitative estimate of drug-likeness (QED) is 0.565. The average Bonchev–Trinajstić information content (AvgIpc) is 2.78. The molecule has 0 bridgehead atoms. The van der Waals surface area contributed by atoms with Crippen LogP contribution in [0, 0.1) is 12.8 Å². The number of hydrogen-bond acceptors (Lipinski definition) is 5. The first kappa shape index (κ1) is 21.4. The zero-order valence-corrected chi connectivity index (χ0v) is 19.0. The maximum Gasteiger partial charge on any atom is 0.344 e. The Morgan fingerprint density at radius 1 is 1.06 bits per heavy atom. The van der Waals surface area contributed by atoms with Crippen LogP contribution < -0.4 is 15.3 Å². The Balaban J connectivity index is 1.63. The largest absolute Gasteiger partial charge is 0.493 e. The highest BCUT2D eigenvalue weighted by atomic mass is 16.5. The van der Waals surface area contributed by atoms with E-state index < -0.39 is 0 Å². The molecule has 0 radical (unpaired) electrons. The van der Waals surface area contributed by atoms with Crippen LogP contribution in [0.25, 0.3) is 22.1 Å². The summed E-state index contributed by atoms with van der Waals surface area (Å²) < 4.78 is 11.8. The maximum absolute atomic E-state index is 12.8. The van der Waals surface area contributed by atoms with E-state index in [1.165, 1.54) is 0 Å². The number of fused-ring (bicyclic) bond motifs is 1. The SMILES string of the molecule is CCC(C)COc1cc(-c2cc3ccc(N4CCN(C)CC4)cc3c(=O)o2)ccc1C. The Morgan fingerprint density at radius 2 is 1.84 bits per heavy atom. The van der Waals surface area contributed by atoms with Gasteiger partial charge in [-0.1, -0.05) is 38.5 Å². The Hall–Kier alpha value is -2.79. The number of benzene rings is 2. The summed E-state index contributed by atoms with van der Waals surface area (Å²) in [4.78, 5) is 17.5. The van der Waals surface area contributed by atoms with E-state index >= 15 is 0 Å². The van der Waals surface area contributed by atoms with Gasteiger partial charge >= 0.3 is 5.63 Å². The molecule has 2 heterocycles. The number of hydrogen-bond donors (Lipinski definition) is 0. The van der Waals surface area contributed by atoms with E-state index in [4.69, 9.17) is 9.15 Å². The van der Waals surface area contributed by atoms with E-state index in [1.807, 2.05) is 43.3 Å². The first-order valence-corrected chi connectivity index (χ1v) is 11.2. The molecule has 1 saturated heterocycles. The molecule has 0 aliphatic carbocycles. The molecule has 1 fully saturated rings. The zero-order valence-electron chi connectivity index (χ0n) is 19.0. The molecule has 0 amide bonds. The number of aryl methyl sites for hydroxylation is 1. The predicted octanol–water partition coefficient (Wildman–Crippen LogP) is 4.95. The lowest BCUT2D eigenvalue weighted by atomic mass is 10.1. The second kappa shape index (κ2) is 9.15. The minimum absolute atomic E-state index is 0.300. The standard InChI is InChI=1S/C26H32N2O3/c1-5-18(2)17-30-24-15-21(7-6-19(24)3)25-14-20-8-9-22(16-23(20)26(29)31-25)28-12-10-27(4)11-13-28/h6-9,14-16,18H,5,10-13,17H2,1-4H3. The highest BCUT2D eigenvalue weighted by Crippen LogP contribution is 2.30. The van der Waals surface area contributed by atoms with Gasteiger partial charge in [-0.15, -0.1) is 0 Å². The van der Waals surface area contributed by atoms with Gasteiger partial charge in [0.15, 0.2) is 0 Å². The molecule has 0 N–H and O–H groups in total. The summed E-state index contributed by atoms with van der Waals surface area (Å²) >= 11 is 0. The molecule has 1 unspecified atom stereocenters. The predicted molar refractivity (Wildman–Crippen MR) is 127 cm³/mol. The van der Waals surface area contributed by atoms with Crippen molar-refractivity contribution in [1.82, 2.24) is 4.90 Å². The van der Waals surface area contributed by atoms with Gasteiger partial charge in [0.25, 0.3) is 0 Å². The van der Waals surface area contributed by atoms with Crippen molar-refractivity contribution in [3.63, 3.8) is 0 Å². The van der Waals surface area contributed by atoms with Crippen molar-refractivity contribution in [2.24, 2.45) is 5.92 Å².